The van der Waals surface area contributed by atoms with E-state index in [1.807, 2.05) is 79.2 Å². The molecule has 5 rings (SSSR count). The van der Waals surface area contributed by atoms with Crippen LogP contribution in [0.25, 0.3) is 11.4 Å². The molecule has 3 aromatic carbocycles. The molecule has 2 atom stereocenters. The number of methoxy groups -OCH3 is 1. The summed E-state index contributed by atoms with van der Waals surface area (Å²) in [5, 5.41) is 11.9. The summed E-state index contributed by atoms with van der Waals surface area (Å²) in [5.41, 5.74) is 8.55. The summed E-state index contributed by atoms with van der Waals surface area (Å²) >= 11 is 1.35. The summed E-state index contributed by atoms with van der Waals surface area (Å²) in [7, 11) is 1.35. The Hall–Kier alpha value is -4.11. The molecule has 0 radical (unpaired) electrons. The standard InChI is InChI=1S/C27H25N5O3S/c1-16-8-7-11-21(17(16)2)28-25(33)23-22(18-12-14-20(15-13-18)26(34)35-3)31-32-24(29-30-27(32)36-23)19-9-5-4-6-10-19/h4-15,22-23,31H,1-3H3,(H,28,33)/t22-,23-/m0/s1. The van der Waals surface area contributed by atoms with Crippen LogP contribution in [0.1, 0.15) is 33.1 Å². The highest BCUT2D eigenvalue weighted by molar-refractivity contribution is 8.00. The van der Waals surface area contributed by atoms with Crippen LogP contribution < -0.4 is 10.7 Å². The Kier molecular flexibility index (Phi) is 6.47. The number of carbonyl (C=O) groups excluding carboxylic acids is 2. The van der Waals surface area contributed by atoms with E-state index in [2.05, 4.69) is 20.9 Å². The molecule has 2 heterocycles. The Morgan fingerprint density at radius 1 is 0.972 bits per heavy atom. The topological polar surface area (TPSA) is 98.1 Å². The highest BCUT2D eigenvalue weighted by Gasteiger charge is 2.38. The molecule has 8 nitrogen and oxygen atoms in total. The lowest BCUT2D eigenvalue weighted by molar-refractivity contribution is -0.116. The third-order valence-corrected chi connectivity index (χ3v) is 7.50. The third-order valence-electron chi connectivity index (χ3n) is 6.28. The van der Waals surface area contributed by atoms with Crippen molar-refractivity contribution >= 4 is 29.3 Å². The number of aromatic nitrogens is 3. The van der Waals surface area contributed by atoms with Gasteiger partial charge in [-0.05, 0) is 48.7 Å². The molecule has 2 N–H and O–H groups in total. The number of hydrogen-bond acceptors (Lipinski definition) is 7. The zero-order valence-corrected chi connectivity index (χ0v) is 20.9. The second kappa shape index (κ2) is 9.87. The number of benzene rings is 3. The fourth-order valence-electron chi connectivity index (χ4n) is 4.11. The normalized spacial score (nSPS) is 16.5. The van der Waals surface area contributed by atoms with Crippen LogP contribution in [0.4, 0.5) is 5.69 Å². The number of nitrogens with zero attached hydrogens (tertiary/aromatic N) is 3. The van der Waals surface area contributed by atoms with Gasteiger partial charge in [-0.1, -0.05) is 66.4 Å². The molecule has 1 aliphatic heterocycles. The van der Waals surface area contributed by atoms with Crippen molar-refractivity contribution in [1.82, 2.24) is 14.9 Å². The second-order valence-electron chi connectivity index (χ2n) is 8.50. The van der Waals surface area contributed by atoms with E-state index in [9.17, 15) is 9.59 Å². The third kappa shape index (κ3) is 4.45. The highest BCUT2D eigenvalue weighted by Crippen LogP contribution is 2.39. The molecular formula is C27H25N5O3S. The van der Waals surface area contributed by atoms with Crippen LogP contribution in [0.3, 0.4) is 0 Å². The number of fused-ring (bicyclic) bond motifs is 1. The van der Waals surface area contributed by atoms with Gasteiger partial charge in [0.2, 0.25) is 11.1 Å². The predicted molar refractivity (Wildman–Crippen MR) is 140 cm³/mol. The van der Waals surface area contributed by atoms with Gasteiger partial charge < -0.3 is 15.5 Å². The molecule has 182 valence electrons. The first kappa shape index (κ1) is 23.6. The van der Waals surface area contributed by atoms with Gasteiger partial charge in [-0.25, -0.2) is 9.47 Å². The number of nitrogens with one attached hydrogen (secondary N) is 2. The molecule has 0 bridgehead atoms. The smallest absolute Gasteiger partial charge is 0.337 e. The molecule has 4 aromatic rings. The largest absolute Gasteiger partial charge is 0.465 e. The van der Waals surface area contributed by atoms with Gasteiger partial charge in [0.1, 0.15) is 5.25 Å². The van der Waals surface area contributed by atoms with Gasteiger partial charge in [0.05, 0.1) is 18.7 Å². The summed E-state index contributed by atoms with van der Waals surface area (Å²) < 4.78 is 6.65. The van der Waals surface area contributed by atoms with Crippen LogP contribution in [0.2, 0.25) is 0 Å². The number of aryl methyl sites for hydroxylation is 1. The van der Waals surface area contributed by atoms with E-state index in [0.29, 0.717) is 16.5 Å². The number of carbonyl (C=O) groups is 2. The molecule has 0 unspecified atom stereocenters. The van der Waals surface area contributed by atoms with E-state index in [4.69, 9.17) is 4.74 Å². The molecule has 36 heavy (non-hydrogen) atoms. The minimum Gasteiger partial charge on any atom is -0.465 e. The van der Waals surface area contributed by atoms with Crippen LogP contribution in [0, 0.1) is 13.8 Å². The number of rotatable bonds is 5. The Bertz CT molecular complexity index is 1420. The zero-order valence-electron chi connectivity index (χ0n) is 20.1. The molecule has 1 aromatic heterocycles. The van der Waals surface area contributed by atoms with Gasteiger partial charge in [-0.15, -0.1) is 10.2 Å². The minimum absolute atomic E-state index is 0.154. The first-order valence-corrected chi connectivity index (χ1v) is 12.3. The molecule has 1 amide bonds. The van der Waals surface area contributed by atoms with E-state index in [1.54, 1.807) is 12.1 Å². The molecular weight excluding hydrogens is 474 g/mol. The van der Waals surface area contributed by atoms with Crippen molar-refractivity contribution in [3.8, 4) is 11.4 Å². The SMILES string of the molecule is COC(=O)c1ccc([C@@H]2Nn3c(nnc3-c3ccccc3)S[C@@H]2C(=O)Nc2cccc(C)c2C)cc1. The van der Waals surface area contributed by atoms with Crippen LogP contribution >= 0.6 is 11.8 Å². The molecule has 0 fully saturated rings. The summed E-state index contributed by atoms with van der Waals surface area (Å²) in [6, 6.07) is 22.2. The monoisotopic (exact) mass is 499 g/mol. The van der Waals surface area contributed by atoms with E-state index in [1.165, 1.54) is 18.9 Å². The maximum absolute atomic E-state index is 13.6. The van der Waals surface area contributed by atoms with E-state index in [0.717, 1.165) is 27.9 Å². The predicted octanol–water partition coefficient (Wildman–Crippen LogP) is 4.75. The van der Waals surface area contributed by atoms with Crippen molar-refractivity contribution in [2.75, 3.05) is 17.9 Å². The van der Waals surface area contributed by atoms with Crippen LogP contribution in [-0.2, 0) is 9.53 Å². The Morgan fingerprint density at radius 2 is 1.72 bits per heavy atom. The van der Waals surface area contributed by atoms with Gasteiger partial charge in [0.25, 0.3) is 0 Å². The van der Waals surface area contributed by atoms with Crippen molar-refractivity contribution in [3.63, 3.8) is 0 Å². The Balaban J connectivity index is 1.52. The van der Waals surface area contributed by atoms with Crippen molar-refractivity contribution in [2.24, 2.45) is 0 Å². The first-order chi connectivity index (χ1) is 17.5. The Morgan fingerprint density at radius 3 is 2.44 bits per heavy atom. The second-order valence-corrected chi connectivity index (χ2v) is 9.61. The maximum atomic E-state index is 13.6. The number of ether oxygens (including phenoxy) is 1. The molecule has 0 saturated heterocycles. The van der Waals surface area contributed by atoms with Gasteiger partial charge in [-0.3, -0.25) is 4.79 Å². The van der Waals surface area contributed by atoms with Crippen LogP contribution in [0.15, 0.2) is 78.0 Å². The fraction of sp³-hybridized carbons (Fsp3) is 0.185. The van der Waals surface area contributed by atoms with Crippen molar-refractivity contribution in [3.05, 3.63) is 95.1 Å². The molecule has 0 aliphatic carbocycles. The first-order valence-electron chi connectivity index (χ1n) is 11.5. The van der Waals surface area contributed by atoms with E-state index < -0.39 is 17.3 Å². The fourth-order valence-corrected chi connectivity index (χ4v) is 5.19. The van der Waals surface area contributed by atoms with Crippen molar-refractivity contribution in [1.29, 1.82) is 0 Å². The zero-order chi connectivity index (χ0) is 25.2. The van der Waals surface area contributed by atoms with Crippen LogP contribution in [0.5, 0.6) is 0 Å². The number of anilines is 1. The number of thioether (sulfide) groups is 1. The van der Waals surface area contributed by atoms with Gasteiger partial charge in [0, 0.05) is 11.3 Å². The summed E-state index contributed by atoms with van der Waals surface area (Å²) in [5.74, 6) is 0.0885. The molecule has 9 heteroatoms. The lowest BCUT2D eigenvalue weighted by atomic mass is 10.0. The van der Waals surface area contributed by atoms with E-state index in [-0.39, 0.29) is 5.91 Å². The Labute approximate surface area is 213 Å². The maximum Gasteiger partial charge on any atom is 0.337 e. The van der Waals surface area contributed by atoms with Gasteiger partial charge in [0.15, 0.2) is 5.82 Å². The van der Waals surface area contributed by atoms with Crippen molar-refractivity contribution < 1.29 is 14.3 Å². The number of amides is 1. The average molecular weight is 500 g/mol. The molecule has 0 spiro atoms. The van der Waals surface area contributed by atoms with Crippen molar-refractivity contribution in [2.45, 2.75) is 30.3 Å². The lowest BCUT2D eigenvalue weighted by Crippen LogP contribution is -2.41. The average Bonchev–Trinajstić information content (AvgIpc) is 3.33. The van der Waals surface area contributed by atoms with Crippen LogP contribution in [-0.4, -0.2) is 39.1 Å². The summed E-state index contributed by atoms with van der Waals surface area (Å²) in [6.07, 6.45) is 0. The highest BCUT2D eigenvalue weighted by atomic mass is 32.2. The number of esters is 1. The number of hydrogen-bond donors (Lipinski definition) is 2. The summed E-state index contributed by atoms with van der Waals surface area (Å²) in [4.78, 5) is 25.6. The molecule has 0 saturated carbocycles. The van der Waals surface area contributed by atoms with E-state index >= 15 is 0 Å². The lowest BCUT2D eigenvalue weighted by Gasteiger charge is -2.33. The van der Waals surface area contributed by atoms with Gasteiger partial charge in [-0.2, -0.15) is 0 Å². The van der Waals surface area contributed by atoms with Gasteiger partial charge >= 0.3 is 5.97 Å². The quantitative estimate of drug-likeness (QED) is 0.383. The molecule has 1 aliphatic rings. The minimum atomic E-state index is -0.547. The summed E-state index contributed by atoms with van der Waals surface area (Å²) in [6.45, 7) is 4.00.